The van der Waals surface area contributed by atoms with E-state index in [0.717, 1.165) is 4.90 Å². The summed E-state index contributed by atoms with van der Waals surface area (Å²) in [6, 6.07) is 8.23. The number of rotatable bonds is 3. The number of aromatic carboxylic acids is 1. The van der Waals surface area contributed by atoms with Gasteiger partial charge in [0.1, 0.15) is 5.03 Å². The molecule has 2 aromatic rings. The average Bonchev–Trinajstić information content (AvgIpc) is 2.34. The molecule has 0 atom stereocenters. The van der Waals surface area contributed by atoms with Crippen LogP contribution in [0.1, 0.15) is 10.4 Å². The van der Waals surface area contributed by atoms with Gasteiger partial charge in [-0.3, -0.25) is 0 Å². The molecule has 1 aromatic carbocycles. The molecule has 6 heteroatoms. The molecule has 0 bridgehead atoms. The molecule has 0 fully saturated rings. The number of halogens is 2. The third-order valence-electron chi connectivity index (χ3n) is 2.11. The smallest absolute Gasteiger partial charge is 0.337 e. The molecule has 0 unspecified atom stereocenters. The summed E-state index contributed by atoms with van der Waals surface area (Å²) in [5.41, 5.74) is 0.0636. The van der Waals surface area contributed by atoms with Crippen LogP contribution in [-0.4, -0.2) is 16.1 Å². The van der Waals surface area contributed by atoms with Crippen molar-refractivity contribution < 1.29 is 9.90 Å². The minimum absolute atomic E-state index is 0.0636. The van der Waals surface area contributed by atoms with Crippen LogP contribution in [0.2, 0.25) is 10.0 Å². The zero-order valence-corrected chi connectivity index (χ0v) is 11.3. The third kappa shape index (κ3) is 2.96. The van der Waals surface area contributed by atoms with Gasteiger partial charge >= 0.3 is 5.97 Å². The second kappa shape index (κ2) is 5.61. The number of carboxylic acid groups (broad SMARTS) is 1. The Labute approximate surface area is 118 Å². The van der Waals surface area contributed by atoms with Gasteiger partial charge in [-0.2, -0.15) is 0 Å². The number of benzene rings is 1. The Morgan fingerprint density at radius 1 is 1.22 bits per heavy atom. The standard InChI is InChI=1S/C12H7Cl2NO2S/c13-9-4-3-7(6-8(9)12(16)17)18-11-10(14)2-1-5-15-11/h1-6H,(H,16,17). The summed E-state index contributed by atoms with van der Waals surface area (Å²) in [7, 11) is 0. The van der Waals surface area contributed by atoms with Gasteiger partial charge in [-0.1, -0.05) is 35.0 Å². The lowest BCUT2D eigenvalue weighted by molar-refractivity contribution is 0.0697. The molecule has 1 heterocycles. The molecular formula is C12H7Cl2NO2S. The molecule has 3 nitrogen and oxygen atoms in total. The van der Waals surface area contributed by atoms with Crippen LogP contribution in [0.5, 0.6) is 0 Å². The predicted octanol–water partition coefficient (Wildman–Crippen LogP) is 4.24. The number of carboxylic acids is 1. The van der Waals surface area contributed by atoms with E-state index < -0.39 is 5.97 Å². The summed E-state index contributed by atoms with van der Waals surface area (Å²) in [5.74, 6) is -1.06. The Hall–Kier alpha value is -1.23. The van der Waals surface area contributed by atoms with Crippen molar-refractivity contribution in [3.05, 3.63) is 52.1 Å². The molecule has 18 heavy (non-hydrogen) atoms. The first-order chi connectivity index (χ1) is 8.58. The van der Waals surface area contributed by atoms with Crippen molar-refractivity contribution in [2.24, 2.45) is 0 Å². The minimum Gasteiger partial charge on any atom is -0.478 e. The summed E-state index contributed by atoms with van der Waals surface area (Å²) in [6.07, 6.45) is 1.63. The lowest BCUT2D eigenvalue weighted by Gasteiger charge is -2.05. The topological polar surface area (TPSA) is 50.2 Å². The monoisotopic (exact) mass is 299 g/mol. The first-order valence-corrected chi connectivity index (χ1v) is 6.46. The Balaban J connectivity index is 2.33. The van der Waals surface area contributed by atoms with E-state index in [9.17, 15) is 4.79 Å². The van der Waals surface area contributed by atoms with E-state index in [1.165, 1.54) is 17.8 Å². The van der Waals surface area contributed by atoms with E-state index in [4.69, 9.17) is 28.3 Å². The van der Waals surface area contributed by atoms with E-state index >= 15 is 0 Å². The number of nitrogens with zero attached hydrogens (tertiary/aromatic N) is 1. The van der Waals surface area contributed by atoms with E-state index in [1.54, 1.807) is 30.5 Å². The molecule has 0 spiro atoms. The molecule has 0 saturated carbocycles. The molecule has 0 saturated heterocycles. The maximum atomic E-state index is 11.0. The lowest BCUT2D eigenvalue weighted by atomic mass is 10.2. The zero-order valence-electron chi connectivity index (χ0n) is 8.93. The van der Waals surface area contributed by atoms with E-state index in [1.807, 2.05) is 0 Å². The van der Waals surface area contributed by atoms with Gasteiger partial charge in [-0.15, -0.1) is 0 Å². The molecule has 1 aromatic heterocycles. The van der Waals surface area contributed by atoms with E-state index in [0.29, 0.717) is 10.0 Å². The second-order valence-electron chi connectivity index (χ2n) is 3.34. The van der Waals surface area contributed by atoms with E-state index in [-0.39, 0.29) is 10.6 Å². The fraction of sp³-hybridized carbons (Fsp3) is 0. The molecule has 0 radical (unpaired) electrons. The molecule has 0 aliphatic rings. The van der Waals surface area contributed by atoms with Crippen LogP contribution in [0.25, 0.3) is 0 Å². The van der Waals surface area contributed by atoms with Crippen molar-refractivity contribution in [1.29, 1.82) is 0 Å². The number of aromatic nitrogens is 1. The van der Waals surface area contributed by atoms with Crippen LogP contribution in [0.15, 0.2) is 46.5 Å². The normalized spacial score (nSPS) is 10.3. The molecule has 92 valence electrons. The van der Waals surface area contributed by atoms with Gasteiger partial charge < -0.3 is 5.11 Å². The Morgan fingerprint density at radius 2 is 2.00 bits per heavy atom. The second-order valence-corrected chi connectivity index (χ2v) is 5.22. The summed E-state index contributed by atoms with van der Waals surface area (Å²) in [4.78, 5) is 15.8. The van der Waals surface area contributed by atoms with Crippen LogP contribution < -0.4 is 0 Å². The lowest BCUT2D eigenvalue weighted by Crippen LogP contribution is -1.97. The molecule has 0 aliphatic heterocycles. The van der Waals surface area contributed by atoms with Crippen LogP contribution in [-0.2, 0) is 0 Å². The van der Waals surface area contributed by atoms with Gasteiger partial charge in [0.15, 0.2) is 0 Å². The van der Waals surface area contributed by atoms with Gasteiger partial charge in [-0.25, -0.2) is 9.78 Å². The molecular weight excluding hydrogens is 293 g/mol. The largest absolute Gasteiger partial charge is 0.478 e. The summed E-state index contributed by atoms with van der Waals surface area (Å²) >= 11 is 13.1. The highest BCUT2D eigenvalue weighted by Gasteiger charge is 2.11. The van der Waals surface area contributed by atoms with Crippen LogP contribution in [0.4, 0.5) is 0 Å². The van der Waals surface area contributed by atoms with Crippen molar-refractivity contribution in [3.8, 4) is 0 Å². The highest BCUT2D eigenvalue weighted by atomic mass is 35.5. The van der Waals surface area contributed by atoms with E-state index in [2.05, 4.69) is 4.98 Å². The fourth-order valence-electron chi connectivity index (χ4n) is 1.29. The maximum Gasteiger partial charge on any atom is 0.337 e. The number of hydrogen-bond acceptors (Lipinski definition) is 3. The van der Waals surface area contributed by atoms with Gasteiger partial charge in [0, 0.05) is 11.1 Å². The van der Waals surface area contributed by atoms with Crippen molar-refractivity contribution in [2.75, 3.05) is 0 Å². The highest BCUT2D eigenvalue weighted by Crippen LogP contribution is 2.33. The molecule has 0 amide bonds. The average molecular weight is 300 g/mol. The molecule has 1 N–H and O–H groups in total. The number of hydrogen-bond donors (Lipinski definition) is 1. The maximum absolute atomic E-state index is 11.0. The van der Waals surface area contributed by atoms with Crippen molar-refractivity contribution in [1.82, 2.24) is 4.98 Å². The van der Waals surface area contributed by atoms with Crippen LogP contribution in [0.3, 0.4) is 0 Å². The van der Waals surface area contributed by atoms with Gasteiger partial charge in [0.2, 0.25) is 0 Å². The summed E-state index contributed by atoms with van der Waals surface area (Å²) in [6.45, 7) is 0. The zero-order chi connectivity index (χ0) is 13.1. The number of pyridine rings is 1. The fourth-order valence-corrected chi connectivity index (χ4v) is 2.54. The minimum atomic E-state index is -1.06. The Bertz CT molecular complexity index is 604. The highest BCUT2D eigenvalue weighted by molar-refractivity contribution is 7.99. The van der Waals surface area contributed by atoms with Crippen LogP contribution >= 0.6 is 35.0 Å². The quantitative estimate of drug-likeness (QED) is 0.921. The van der Waals surface area contributed by atoms with Crippen LogP contribution in [0, 0.1) is 0 Å². The number of carbonyl (C=O) groups is 1. The van der Waals surface area contributed by atoms with Crippen molar-refractivity contribution >= 4 is 40.9 Å². The SMILES string of the molecule is O=C(O)c1cc(Sc2ncccc2Cl)ccc1Cl. The first-order valence-electron chi connectivity index (χ1n) is 4.89. The summed E-state index contributed by atoms with van der Waals surface area (Å²) < 4.78 is 0. The van der Waals surface area contributed by atoms with Crippen molar-refractivity contribution in [3.63, 3.8) is 0 Å². The summed E-state index contributed by atoms with van der Waals surface area (Å²) in [5, 5.41) is 10.3. The third-order valence-corrected chi connectivity index (χ3v) is 3.86. The Kier molecular flexibility index (Phi) is 4.11. The van der Waals surface area contributed by atoms with Gasteiger partial charge in [-0.05, 0) is 30.3 Å². The predicted molar refractivity (Wildman–Crippen MR) is 71.8 cm³/mol. The van der Waals surface area contributed by atoms with Crippen molar-refractivity contribution in [2.45, 2.75) is 9.92 Å². The van der Waals surface area contributed by atoms with Gasteiger partial charge in [0.05, 0.1) is 15.6 Å². The van der Waals surface area contributed by atoms with Gasteiger partial charge in [0.25, 0.3) is 0 Å². The Morgan fingerprint density at radius 3 is 2.67 bits per heavy atom. The molecule has 2 rings (SSSR count). The molecule has 0 aliphatic carbocycles. The first kappa shape index (κ1) is 13.2.